The second-order valence-corrected chi connectivity index (χ2v) is 6.42. The van der Waals surface area contributed by atoms with E-state index in [1.54, 1.807) is 0 Å². The minimum absolute atomic E-state index is 0.0381. The number of nitrogens with one attached hydrogen (secondary N) is 1. The van der Waals surface area contributed by atoms with Crippen molar-refractivity contribution in [3.8, 4) is 22.6 Å². The maximum atomic E-state index is 13.7. The van der Waals surface area contributed by atoms with Gasteiger partial charge in [-0.3, -0.25) is 4.79 Å². The molecule has 0 bridgehead atoms. The number of anilines is 2. The van der Waals surface area contributed by atoms with Crippen LogP contribution >= 0.6 is 11.6 Å². The van der Waals surface area contributed by atoms with E-state index in [9.17, 15) is 18.0 Å². The summed E-state index contributed by atoms with van der Waals surface area (Å²) in [5.74, 6) is -1.76. The largest absolute Gasteiger partial charge is 0.586 e. The van der Waals surface area contributed by atoms with E-state index >= 15 is 0 Å². The van der Waals surface area contributed by atoms with Crippen LogP contribution in [-0.2, 0) is 0 Å². The first kappa shape index (κ1) is 22.2. The molecule has 10 heteroatoms. The van der Waals surface area contributed by atoms with E-state index in [0.717, 1.165) is 6.07 Å². The fourth-order valence-electron chi connectivity index (χ4n) is 2.78. The van der Waals surface area contributed by atoms with Crippen LogP contribution in [0.3, 0.4) is 0 Å². The van der Waals surface area contributed by atoms with Crippen molar-refractivity contribution in [3.05, 3.63) is 64.9 Å². The number of fused-ring (bicyclic) bond motifs is 1. The number of ether oxygens (including phenoxy) is 2. The van der Waals surface area contributed by atoms with Gasteiger partial charge in [0.05, 0.1) is 10.6 Å². The van der Waals surface area contributed by atoms with Gasteiger partial charge in [0.25, 0.3) is 5.91 Å². The predicted molar refractivity (Wildman–Crippen MR) is 111 cm³/mol. The molecule has 2 aromatic carbocycles. The van der Waals surface area contributed by atoms with E-state index in [2.05, 4.69) is 19.8 Å². The Morgan fingerprint density at radius 1 is 1.06 bits per heavy atom. The second-order valence-electron chi connectivity index (χ2n) is 6.01. The number of hydrogen-bond donors (Lipinski definition) is 2. The summed E-state index contributed by atoms with van der Waals surface area (Å²) in [5, 5.41) is 2.52. The molecule has 3 aromatic rings. The van der Waals surface area contributed by atoms with Gasteiger partial charge < -0.3 is 20.5 Å². The molecule has 0 saturated carbocycles. The minimum Gasteiger partial charge on any atom is -0.395 e. The molecule has 4 rings (SSSR count). The Bertz CT molecular complexity index is 1140. The van der Waals surface area contributed by atoms with Gasteiger partial charge in [0, 0.05) is 17.2 Å². The Morgan fingerprint density at radius 2 is 1.71 bits per heavy atom. The molecule has 1 aliphatic heterocycles. The van der Waals surface area contributed by atoms with Crippen molar-refractivity contribution in [2.24, 2.45) is 0 Å². The lowest BCUT2D eigenvalue weighted by atomic mass is 10.1. The maximum absolute atomic E-state index is 13.7. The topological polar surface area (TPSA) is 86.5 Å². The average molecular weight is 452 g/mol. The van der Waals surface area contributed by atoms with E-state index in [1.165, 1.54) is 42.5 Å². The first-order chi connectivity index (χ1) is 14.7. The van der Waals surface area contributed by atoms with Crippen LogP contribution in [0.4, 0.5) is 24.8 Å². The molecule has 1 amide bonds. The molecular weight excluding hydrogens is 435 g/mol. The fourth-order valence-corrected chi connectivity index (χ4v) is 3.03. The van der Waals surface area contributed by atoms with Crippen LogP contribution in [0.1, 0.15) is 24.2 Å². The molecule has 0 unspecified atom stereocenters. The zero-order valence-electron chi connectivity index (χ0n) is 16.4. The number of nitrogen functional groups attached to an aromatic ring is 1. The molecule has 2 heterocycles. The quantitative estimate of drug-likeness (QED) is 0.531. The van der Waals surface area contributed by atoms with E-state index in [4.69, 9.17) is 17.3 Å². The Morgan fingerprint density at radius 3 is 2.35 bits per heavy atom. The number of rotatable bonds is 3. The summed E-state index contributed by atoms with van der Waals surface area (Å²) in [6.07, 6.45) is -3.78. The van der Waals surface area contributed by atoms with Crippen molar-refractivity contribution in [1.29, 1.82) is 0 Å². The van der Waals surface area contributed by atoms with Crippen LogP contribution in [0.5, 0.6) is 11.5 Å². The zero-order chi connectivity index (χ0) is 22.8. The Hall–Kier alpha value is -3.46. The summed E-state index contributed by atoms with van der Waals surface area (Å²) in [5.41, 5.74) is 6.40. The van der Waals surface area contributed by atoms with Gasteiger partial charge in [-0.15, -0.1) is 8.78 Å². The molecule has 1 aromatic heterocycles. The molecule has 0 radical (unpaired) electrons. The van der Waals surface area contributed by atoms with Gasteiger partial charge in [0.15, 0.2) is 11.5 Å². The molecule has 0 aliphatic carbocycles. The lowest BCUT2D eigenvalue weighted by Gasteiger charge is -2.11. The number of nitrogens with two attached hydrogens (primary N) is 1. The number of nitrogens with zero attached hydrogens (tertiary/aromatic N) is 1. The van der Waals surface area contributed by atoms with E-state index in [1.807, 2.05) is 13.8 Å². The van der Waals surface area contributed by atoms with Gasteiger partial charge in [-0.25, -0.2) is 9.37 Å². The normalized spacial score (nSPS) is 13.2. The van der Waals surface area contributed by atoms with Gasteiger partial charge in [0.2, 0.25) is 0 Å². The minimum atomic E-state index is -3.78. The third-order valence-electron chi connectivity index (χ3n) is 4.07. The Kier molecular flexibility index (Phi) is 6.26. The average Bonchev–Trinajstić information content (AvgIpc) is 3.02. The van der Waals surface area contributed by atoms with E-state index in [0.29, 0.717) is 5.56 Å². The summed E-state index contributed by atoms with van der Waals surface area (Å²) < 4.78 is 49.0. The second kappa shape index (κ2) is 8.73. The highest BCUT2D eigenvalue weighted by atomic mass is 35.5. The highest BCUT2D eigenvalue weighted by Gasteiger charge is 2.44. The van der Waals surface area contributed by atoms with Crippen LogP contribution in [0.15, 0.2) is 48.5 Å². The summed E-state index contributed by atoms with van der Waals surface area (Å²) in [6, 6.07) is 10.8. The zero-order valence-corrected chi connectivity index (χ0v) is 17.1. The predicted octanol–water partition coefficient (Wildman–Crippen LogP) is 5.72. The molecule has 1 aliphatic rings. The van der Waals surface area contributed by atoms with Gasteiger partial charge in [-0.05, 0) is 30.3 Å². The fraction of sp³-hybridized carbons (Fsp3) is 0.143. The van der Waals surface area contributed by atoms with Crippen LogP contribution in [0.2, 0.25) is 5.02 Å². The number of alkyl halides is 2. The first-order valence-corrected chi connectivity index (χ1v) is 9.53. The highest BCUT2D eigenvalue weighted by Crippen LogP contribution is 2.46. The molecule has 0 spiro atoms. The number of pyridine rings is 1. The number of amides is 1. The van der Waals surface area contributed by atoms with Crippen LogP contribution in [-0.4, -0.2) is 17.2 Å². The summed E-state index contributed by atoms with van der Waals surface area (Å²) >= 11 is 6.15. The molecule has 0 saturated heterocycles. The van der Waals surface area contributed by atoms with Crippen molar-refractivity contribution in [2.45, 2.75) is 20.1 Å². The number of hydrogen-bond acceptors (Lipinski definition) is 5. The van der Waals surface area contributed by atoms with Crippen molar-refractivity contribution < 1.29 is 27.4 Å². The first-order valence-electron chi connectivity index (χ1n) is 9.16. The number of benzene rings is 2. The SMILES string of the molecule is CC.Nc1nc(NC(=O)c2ccccc2F)ccc1-c1cc2c(cc1Cl)OC(F)(F)O2. The lowest BCUT2D eigenvalue weighted by Crippen LogP contribution is -2.25. The highest BCUT2D eigenvalue weighted by molar-refractivity contribution is 6.33. The van der Waals surface area contributed by atoms with Gasteiger partial charge in [0.1, 0.15) is 17.5 Å². The number of carbonyl (C=O) groups excluding carboxylic acids is 1. The molecular formula is C21H17ClF3N3O3. The smallest absolute Gasteiger partial charge is 0.395 e. The molecule has 6 nitrogen and oxygen atoms in total. The molecule has 0 atom stereocenters. The third-order valence-corrected chi connectivity index (χ3v) is 4.38. The standard InChI is InChI=1S/C19H11ClF3N3O3.C2H6/c20-12-8-15-14(28-19(22,23)29-15)7-11(12)9-5-6-16(25-17(9)24)26-18(27)10-3-1-2-4-13(10)21;1-2/h1-8H,(H3,24,25,26,27);1-2H3. The summed E-state index contributed by atoms with van der Waals surface area (Å²) in [4.78, 5) is 16.2. The molecule has 162 valence electrons. The maximum Gasteiger partial charge on any atom is 0.586 e. The van der Waals surface area contributed by atoms with E-state index < -0.39 is 18.0 Å². The van der Waals surface area contributed by atoms with Gasteiger partial charge >= 0.3 is 6.29 Å². The van der Waals surface area contributed by atoms with Crippen molar-refractivity contribution in [2.75, 3.05) is 11.1 Å². The lowest BCUT2D eigenvalue weighted by molar-refractivity contribution is -0.286. The van der Waals surface area contributed by atoms with Crippen molar-refractivity contribution >= 4 is 29.1 Å². The summed E-state index contributed by atoms with van der Waals surface area (Å²) in [6.45, 7) is 4.00. The molecule has 3 N–H and O–H groups in total. The number of aromatic nitrogens is 1. The summed E-state index contributed by atoms with van der Waals surface area (Å²) in [7, 11) is 0. The van der Waals surface area contributed by atoms with Crippen molar-refractivity contribution in [1.82, 2.24) is 4.98 Å². The molecule has 0 fully saturated rings. The number of carbonyl (C=O) groups is 1. The van der Waals surface area contributed by atoms with Gasteiger partial charge in [-0.1, -0.05) is 37.6 Å². The monoisotopic (exact) mass is 451 g/mol. The van der Waals surface area contributed by atoms with Crippen molar-refractivity contribution in [3.63, 3.8) is 0 Å². The van der Waals surface area contributed by atoms with Crippen LogP contribution < -0.4 is 20.5 Å². The Labute approximate surface area is 180 Å². The van der Waals surface area contributed by atoms with Crippen LogP contribution in [0, 0.1) is 5.82 Å². The van der Waals surface area contributed by atoms with Crippen LogP contribution in [0.25, 0.3) is 11.1 Å². The molecule has 31 heavy (non-hydrogen) atoms. The Balaban J connectivity index is 0.00000132. The third kappa shape index (κ3) is 4.66. The number of halogens is 4. The van der Waals surface area contributed by atoms with Gasteiger partial charge in [-0.2, -0.15) is 0 Å². The van der Waals surface area contributed by atoms with E-state index in [-0.39, 0.29) is 39.3 Å².